The monoisotopic (exact) mass is 329 g/mol. The third kappa shape index (κ3) is 3.98. The Bertz CT molecular complexity index is 517. The fourth-order valence-corrected chi connectivity index (χ4v) is 4.29. The molecule has 0 bridgehead atoms. The van der Waals surface area contributed by atoms with Gasteiger partial charge in [-0.1, -0.05) is 44.4 Å². The third-order valence-corrected chi connectivity index (χ3v) is 5.89. The number of piperazine rings is 1. The maximum atomic E-state index is 12.5. The van der Waals surface area contributed by atoms with Crippen LogP contribution in [0.5, 0.6) is 0 Å². The number of nitrogens with one attached hydrogen (secondary N) is 1. The summed E-state index contributed by atoms with van der Waals surface area (Å²) in [6.07, 6.45) is 6.34. The molecule has 1 amide bonds. The lowest BCUT2D eigenvalue weighted by Gasteiger charge is -2.50. The van der Waals surface area contributed by atoms with Crippen molar-refractivity contribution >= 4 is 5.91 Å². The van der Waals surface area contributed by atoms with Gasteiger partial charge in [-0.2, -0.15) is 0 Å². The van der Waals surface area contributed by atoms with E-state index in [0.717, 1.165) is 44.8 Å². The van der Waals surface area contributed by atoms with E-state index in [1.807, 2.05) is 30.3 Å². The summed E-state index contributed by atoms with van der Waals surface area (Å²) >= 11 is 0. The van der Waals surface area contributed by atoms with Crippen molar-refractivity contribution in [2.45, 2.75) is 44.6 Å². The number of rotatable bonds is 5. The Kier molecular flexibility index (Phi) is 5.90. The minimum atomic E-state index is 0.0627. The van der Waals surface area contributed by atoms with Crippen LogP contribution in [-0.4, -0.2) is 60.5 Å². The van der Waals surface area contributed by atoms with Gasteiger partial charge >= 0.3 is 0 Å². The standard InChI is InChI=1S/C20H31N3O/c1-2-22-13-15-23(16-14-22)20(11-7-4-8-12-20)17-21-19(24)18-9-5-3-6-10-18/h3,5-6,9-10H,2,4,7-8,11-17H2,1H3,(H,21,24). The van der Waals surface area contributed by atoms with E-state index in [2.05, 4.69) is 22.0 Å². The molecular weight excluding hydrogens is 298 g/mol. The predicted octanol–water partition coefficient (Wildman–Crippen LogP) is 2.76. The van der Waals surface area contributed by atoms with E-state index in [4.69, 9.17) is 0 Å². The second-order valence-corrected chi connectivity index (χ2v) is 7.26. The second kappa shape index (κ2) is 8.13. The van der Waals surface area contributed by atoms with E-state index in [1.54, 1.807) is 0 Å². The minimum Gasteiger partial charge on any atom is -0.350 e. The molecule has 2 aliphatic rings. The van der Waals surface area contributed by atoms with Gasteiger partial charge in [-0.15, -0.1) is 0 Å². The number of benzene rings is 1. The van der Waals surface area contributed by atoms with Crippen LogP contribution in [0.15, 0.2) is 30.3 Å². The normalized spacial score (nSPS) is 22.2. The van der Waals surface area contributed by atoms with Gasteiger partial charge in [-0.3, -0.25) is 9.69 Å². The van der Waals surface area contributed by atoms with Crippen LogP contribution in [0, 0.1) is 0 Å². The van der Waals surface area contributed by atoms with E-state index in [0.29, 0.717) is 0 Å². The molecule has 0 spiro atoms. The molecule has 0 radical (unpaired) electrons. The van der Waals surface area contributed by atoms with Gasteiger partial charge in [0.15, 0.2) is 0 Å². The zero-order valence-electron chi connectivity index (χ0n) is 15.0. The molecule has 4 heteroatoms. The molecule has 0 atom stereocenters. The Labute approximate surface area is 146 Å². The van der Waals surface area contributed by atoms with Crippen LogP contribution in [-0.2, 0) is 0 Å². The summed E-state index contributed by atoms with van der Waals surface area (Å²) in [4.78, 5) is 17.7. The Balaban J connectivity index is 1.64. The van der Waals surface area contributed by atoms with Gasteiger partial charge in [-0.05, 0) is 31.5 Å². The molecule has 132 valence electrons. The first-order valence-corrected chi connectivity index (χ1v) is 9.54. The van der Waals surface area contributed by atoms with E-state index in [9.17, 15) is 4.79 Å². The van der Waals surface area contributed by atoms with Gasteiger partial charge in [-0.25, -0.2) is 0 Å². The molecule has 1 aliphatic carbocycles. The first-order chi connectivity index (χ1) is 11.7. The molecule has 1 heterocycles. The second-order valence-electron chi connectivity index (χ2n) is 7.26. The number of amides is 1. The van der Waals surface area contributed by atoms with E-state index in [1.165, 1.54) is 32.1 Å². The summed E-state index contributed by atoms with van der Waals surface area (Å²) in [6, 6.07) is 9.59. The Morgan fingerprint density at radius 3 is 2.33 bits per heavy atom. The van der Waals surface area contributed by atoms with E-state index >= 15 is 0 Å². The molecule has 24 heavy (non-hydrogen) atoms. The van der Waals surface area contributed by atoms with Gasteiger partial charge in [0.1, 0.15) is 0 Å². The Hall–Kier alpha value is -1.39. The average Bonchev–Trinajstić information content (AvgIpc) is 2.67. The average molecular weight is 329 g/mol. The topological polar surface area (TPSA) is 35.6 Å². The maximum absolute atomic E-state index is 12.5. The largest absolute Gasteiger partial charge is 0.350 e. The molecule has 0 aromatic heterocycles. The number of likely N-dealkylation sites (N-methyl/N-ethyl adjacent to an activating group) is 1. The van der Waals surface area contributed by atoms with Crippen molar-refractivity contribution in [2.75, 3.05) is 39.3 Å². The molecule has 3 rings (SSSR count). The molecule has 1 aromatic carbocycles. The Morgan fingerprint density at radius 1 is 1.04 bits per heavy atom. The van der Waals surface area contributed by atoms with E-state index < -0.39 is 0 Å². The molecule has 1 saturated carbocycles. The quantitative estimate of drug-likeness (QED) is 0.902. The SMILES string of the molecule is CCN1CCN(C2(CNC(=O)c3ccccc3)CCCCC2)CC1. The fraction of sp³-hybridized carbons (Fsp3) is 0.650. The van der Waals surface area contributed by atoms with Crippen molar-refractivity contribution < 1.29 is 4.79 Å². The zero-order chi connectivity index (χ0) is 16.8. The zero-order valence-corrected chi connectivity index (χ0v) is 15.0. The summed E-state index contributed by atoms with van der Waals surface area (Å²) in [5.41, 5.74) is 0.932. The molecule has 1 N–H and O–H groups in total. The highest BCUT2D eigenvalue weighted by atomic mass is 16.1. The summed E-state index contributed by atoms with van der Waals surface area (Å²) in [5, 5.41) is 3.24. The molecule has 4 nitrogen and oxygen atoms in total. The molecule has 0 unspecified atom stereocenters. The van der Waals surface area contributed by atoms with Crippen molar-refractivity contribution in [3.05, 3.63) is 35.9 Å². The van der Waals surface area contributed by atoms with Crippen molar-refractivity contribution in [1.29, 1.82) is 0 Å². The molecule has 1 aromatic rings. The molecule has 1 aliphatic heterocycles. The Morgan fingerprint density at radius 2 is 1.71 bits per heavy atom. The minimum absolute atomic E-state index is 0.0627. The fourth-order valence-electron chi connectivity index (χ4n) is 4.29. The first-order valence-electron chi connectivity index (χ1n) is 9.54. The van der Waals surface area contributed by atoms with Crippen LogP contribution < -0.4 is 5.32 Å². The molecular formula is C20H31N3O. The van der Waals surface area contributed by atoms with Crippen molar-refractivity contribution in [1.82, 2.24) is 15.1 Å². The van der Waals surface area contributed by atoms with Gasteiger partial charge in [0.25, 0.3) is 5.91 Å². The van der Waals surface area contributed by atoms with Crippen LogP contribution in [0.4, 0.5) is 0 Å². The summed E-state index contributed by atoms with van der Waals surface area (Å²) in [7, 11) is 0. The molecule has 2 fully saturated rings. The van der Waals surface area contributed by atoms with Gasteiger partial charge in [0.05, 0.1) is 0 Å². The lowest BCUT2D eigenvalue weighted by atomic mass is 9.79. The van der Waals surface area contributed by atoms with E-state index in [-0.39, 0.29) is 11.4 Å². The van der Waals surface area contributed by atoms with Gasteiger partial charge in [0, 0.05) is 43.8 Å². The van der Waals surface area contributed by atoms with Crippen LogP contribution >= 0.6 is 0 Å². The highest BCUT2D eigenvalue weighted by molar-refractivity contribution is 5.94. The number of hydrogen-bond donors (Lipinski definition) is 1. The molecule has 1 saturated heterocycles. The predicted molar refractivity (Wildman–Crippen MR) is 98.3 cm³/mol. The number of carbonyl (C=O) groups excluding carboxylic acids is 1. The van der Waals surface area contributed by atoms with Crippen LogP contribution in [0.2, 0.25) is 0 Å². The highest BCUT2D eigenvalue weighted by Crippen LogP contribution is 2.34. The maximum Gasteiger partial charge on any atom is 0.251 e. The van der Waals surface area contributed by atoms with Gasteiger partial charge < -0.3 is 10.2 Å². The first kappa shape index (κ1) is 17.4. The summed E-state index contributed by atoms with van der Waals surface area (Å²) < 4.78 is 0. The number of hydrogen-bond acceptors (Lipinski definition) is 3. The number of nitrogens with zero attached hydrogens (tertiary/aromatic N) is 2. The lowest BCUT2D eigenvalue weighted by Crippen LogP contribution is -2.61. The smallest absolute Gasteiger partial charge is 0.251 e. The van der Waals surface area contributed by atoms with Crippen LogP contribution in [0.1, 0.15) is 49.4 Å². The van der Waals surface area contributed by atoms with Crippen LogP contribution in [0.3, 0.4) is 0 Å². The summed E-state index contributed by atoms with van der Waals surface area (Å²) in [5.74, 6) is 0.0627. The lowest BCUT2D eigenvalue weighted by molar-refractivity contribution is 0.00924. The van der Waals surface area contributed by atoms with Crippen molar-refractivity contribution in [3.8, 4) is 0 Å². The van der Waals surface area contributed by atoms with Crippen molar-refractivity contribution in [2.24, 2.45) is 0 Å². The van der Waals surface area contributed by atoms with Gasteiger partial charge in [0.2, 0.25) is 0 Å². The van der Waals surface area contributed by atoms with Crippen molar-refractivity contribution in [3.63, 3.8) is 0 Å². The van der Waals surface area contributed by atoms with Crippen LogP contribution in [0.25, 0.3) is 0 Å². The number of carbonyl (C=O) groups is 1. The highest BCUT2D eigenvalue weighted by Gasteiger charge is 2.39. The summed E-state index contributed by atoms with van der Waals surface area (Å²) in [6.45, 7) is 8.75. The third-order valence-electron chi connectivity index (χ3n) is 5.89.